The highest BCUT2D eigenvalue weighted by Gasteiger charge is 2.19. The van der Waals surface area contributed by atoms with Gasteiger partial charge in [0.15, 0.2) is 6.29 Å². The first kappa shape index (κ1) is 18.7. The Bertz CT molecular complexity index is 458. The molecule has 4 nitrogen and oxygen atoms in total. The molecule has 1 N–H and O–H groups in total. The highest BCUT2D eigenvalue weighted by atomic mass is 16.7. The Kier molecular flexibility index (Phi) is 8.13. The van der Waals surface area contributed by atoms with Crippen LogP contribution in [0.3, 0.4) is 0 Å². The Morgan fingerprint density at radius 3 is 2.64 bits per heavy atom. The first-order valence-corrected chi connectivity index (χ1v) is 8.05. The van der Waals surface area contributed by atoms with E-state index in [1.54, 1.807) is 7.11 Å². The highest BCUT2D eigenvalue weighted by molar-refractivity contribution is 5.79. The van der Waals surface area contributed by atoms with Crippen molar-refractivity contribution in [1.29, 1.82) is 0 Å². The third-order valence-corrected chi connectivity index (χ3v) is 3.58. The second-order valence-electron chi connectivity index (χ2n) is 5.93. The zero-order valence-corrected chi connectivity index (χ0v) is 14.3. The molecule has 0 bridgehead atoms. The van der Waals surface area contributed by atoms with Crippen LogP contribution in [0, 0.1) is 0 Å². The molecule has 0 heterocycles. The van der Waals surface area contributed by atoms with Gasteiger partial charge in [0, 0.05) is 27.5 Å². The first-order chi connectivity index (χ1) is 10.5. The Hall–Kier alpha value is -1.39. The molecule has 0 saturated heterocycles. The molecule has 1 aromatic rings. The molecule has 0 aromatic heterocycles. The lowest BCUT2D eigenvalue weighted by atomic mass is 10.1. The van der Waals surface area contributed by atoms with Crippen LogP contribution in [0.1, 0.15) is 62.4 Å². The van der Waals surface area contributed by atoms with Crippen LogP contribution in [0.25, 0.3) is 0 Å². The van der Waals surface area contributed by atoms with Crippen LogP contribution in [0.2, 0.25) is 0 Å². The van der Waals surface area contributed by atoms with Gasteiger partial charge in [-0.2, -0.15) is 0 Å². The molecule has 1 aromatic carbocycles. The van der Waals surface area contributed by atoms with Gasteiger partial charge in [0.2, 0.25) is 5.79 Å². The van der Waals surface area contributed by atoms with Crippen LogP contribution in [0.15, 0.2) is 18.2 Å². The number of nitrogens with one attached hydrogen (secondary N) is 1. The monoisotopic (exact) mass is 307 g/mol. The molecule has 124 valence electrons. The van der Waals surface area contributed by atoms with Crippen LogP contribution in [0.5, 0.6) is 5.75 Å². The highest BCUT2D eigenvalue weighted by Crippen LogP contribution is 2.23. The third kappa shape index (κ3) is 6.58. The molecule has 0 fully saturated rings. The summed E-state index contributed by atoms with van der Waals surface area (Å²) in [6.07, 6.45) is 5.83. The van der Waals surface area contributed by atoms with Crippen molar-refractivity contribution in [1.82, 2.24) is 5.32 Å². The van der Waals surface area contributed by atoms with Gasteiger partial charge in [-0.3, -0.25) is 4.79 Å². The molecule has 0 radical (unpaired) electrons. The predicted molar refractivity (Wildman–Crippen MR) is 89.4 cm³/mol. The molecule has 0 aliphatic rings. The summed E-state index contributed by atoms with van der Waals surface area (Å²) in [7, 11) is 1.58. The molecule has 0 spiro atoms. The van der Waals surface area contributed by atoms with Crippen LogP contribution in [-0.4, -0.2) is 25.7 Å². The number of methoxy groups -OCH3 is 1. The second-order valence-corrected chi connectivity index (χ2v) is 5.93. The first-order valence-electron chi connectivity index (χ1n) is 8.05. The maximum atomic E-state index is 11.3. The number of hydrogen-bond donors (Lipinski definition) is 1. The molecule has 0 unspecified atom stereocenters. The predicted octanol–water partition coefficient (Wildman–Crippen LogP) is 3.93. The van der Waals surface area contributed by atoms with Crippen LogP contribution in [-0.2, 0) is 11.3 Å². The van der Waals surface area contributed by atoms with Crippen LogP contribution in [0.4, 0.5) is 0 Å². The molecule has 0 saturated carbocycles. The second kappa shape index (κ2) is 9.59. The van der Waals surface area contributed by atoms with Gasteiger partial charge >= 0.3 is 0 Å². The van der Waals surface area contributed by atoms with Gasteiger partial charge in [-0.1, -0.05) is 32.3 Å². The summed E-state index contributed by atoms with van der Waals surface area (Å²) in [4.78, 5) is 11.3. The molecule has 22 heavy (non-hydrogen) atoms. The van der Waals surface area contributed by atoms with E-state index >= 15 is 0 Å². The summed E-state index contributed by atoms with van der Waals surface area (Å²) >= 11 is 0. The van der Waals surface area contributed by atoms with Gasteiger partial charge < -0.3 is 14.8 Å². The summed E-state index contributed by atoms with van der Waals surface area (Å²) in [5.74, 6) is -0.204. The summed E-state index contributed by atoms with van der Waals surface area (Å²) < 4.78 is 11.0. The summed E-state index contributed by atoms with van der Waals surface area (Å²) in [6, 6.07) is 5.68. The van der Waals surface area contributed by atoms with Crippen molar-refractivity contribution >= 4 is 6.29 Å². The van der Waals surface area contributed by atoms with Crippen molar-refractivity contribution in [2.45, 2.75) is 58.8 Å². The molecule has 4 heteroatoms. The topological polar surface area (TPSA) is 47.6 Å². The Morgan fingerprint density at radius 1 is 1.23 bits per heavy atom. The lowest BCUT2D eigenvalue weighted by Crippen LogP contribution is -2.30. The van der Waals surface area contributed by atoms with Gasteiger partial charge in [0.25, 0.3) is 0 Å². The number of ether oxygens (including phenoxy) is 2. The van der Waals surface area contributed by atoms with Crippen molar-refractivity contribution < 1.29 is 14.3 Å². The lowest BCUT2D eigenvalue weighted by Gasteiger charge is -2.25. The molecule has 0 atom stereocenters. The number of rotatable bonds is 11. The molecular weight excluding hydrogens is 278 g/mol. The van der Waals surface area contributed by atoms with Crippen molar-refractivity contribution in [3.63, 3.8) is 0 Å². The molecule has 0 aliphatic carbocycles. The van der Waals surface area contributed by atoms with Crippen LogP contribution < -0.4 is 10.1 Å². The lowest BCUT2D eigenvalue weighted by molar-refractivity contribution is -0.134. The minimum Gasteiger partial charge on any atom is -0.462 e. The average Bonchev–Trinajstić information content (AvgIpc) is 2.51. The van der Waals surface area contributed by atoms with E-state index in [9.17, 15) is 4.79 Å². The van der Waals surface area contributed by atoms with E-state index in [1.807, 2.05) is 32.0 Å². The van der Waals surface area contributed by atoms with E-state index in [2.05, 4.69) is 12.2 Å². The smallest absolute Gasteiger partial charge is 0.204 e. The van der Waals surface area contributed by atoms with Gasteiger partial charge in [-0.15, -0.1) is 0 Å². The van der Waals surface area contributed by atoms with Crippen molar-refractivity contribution in [2.75, 3.05) is 13.7 Å². The van der Waals surface area contributed by atoms with E-state index in [-0.39, 0.29) is 0 Å². The summed E-state index contributed by atoms with van der Waals surface area (Å²) in [6.45, 7) is 7.61. The fourth-order valence-electron chi connectivity index (χ4n) is 2.11. The number of unbranched alkanes of at least 4 members (excludes halogenated alkanes) is 3. The SMILES string of the molecule is CCCCCCNCc1ccc(OC(C)(C)OC)c(C=O)c1. The molecular formula is C18H29NO3. The number of hydrogen-bond acceptors (Lipinski definition) is 4. The Balaban J connectivity index is 2.55. The van der Waals surface area contributed by atoms with E-state index in [1.165, 1.54) is 25.7 Å². The zero-order chi connectivity index (χ0) is 16.4. The summed E-state index contributed by atoms with van der Waals surface area (Å²) in [5, 5.41) is 3.41. The van der Waals surface area contributed by atoms with Gasteiger partial charge in [-0.25, -0.2) is 0 Å². The zero-order valence-electron chi connectivity index (χ0n) is 14.3. The number of carbonyl (C=O) groups is 1. The van der Waals surface area contributed by atoms with E-state index < -0.39 is 5.79 Å². The number of carbonyl (C=O) groups excluding carboxylic acids is 1. The average molecular weight is 307 g/mol. The third-order valence-electron chi connectivity index (χ3n) is 3.58. The van der Waals surface area contributed by atoms with E-state index in [0.29, 0.717) is 11.3 Å². The van der Waals surface area contributed by atoms with Gasteiger partial charge in [0.05, 0.1) is 5.56 Å². The van der Waals surface area contributed by atoms with Crippen molar-refractivity contribution in [2.24, 2.45) is 0 Å². The maximum absolute atomic E-state index is 11.3. The molecule has 1 rings (SSSR count). The van der Waals surface area contributed by atoms with Gasteiger partial charge in [0.1, 0.15) is 5.75 Å². The normalized spacial score (nSPS) is 11.5. The standard InChI is InChI=1S/C18H29NO3/c1-5-6-7-8-11-19-13-15-9-10-17(16(12-15)14-20)22-18(2,3)21-4/h9-10,12,14,19H,5-8,11,13H2,1-4H3. The largest absolute Gasteiger partial charge is 0.462 e. The quantitative estimate of drug-likeness (QED) is 0.382. The minimum atomic E-state index is -0.753. The van der Waals surface area contributed by atoms with Gasteiger partial charge in [-0.05, 0) is 30.7 Å². The number of aldehydes is 1. The van der Waals surface area contributed by atoms with Crippen molar-refractivity contribution in [3.8, 4) is 5.75 Å². The molecule has 0 amide bonds. The Labute approximate surface area is 134 Å². The fraction of sp³-hybridized carbons (Fsp3) is 0.611. The number of benzene rings is 1. The fourth-order valence-corrected chi connectivity index (χ4v) is 2.11. The van der Waals surface area contributed by atoms with Crippen LogP contribution >= 0.6 is 0 Å². The van der Waals surface area contributed by atoms with E-state index in [0.717, 1.165) is 24.9 Å². The van der Waals surface area contributed by atoms with E-state index in [4.69, 9.17) is 9.47 Å². The Morgan fingerprint density at radius 2 is 2.00 bits per heavy atom. The minimum absolute atomic E-state index is 0.550. The maximum Gasteiger partial charge on any atom is 0.204 e. The van der Waals surface area contributed by atoms with Crippen molar-refractivity contribution in [3.05, 3.63) is 29.3 Å². The molecule has 0 aliphatic heterocycles. The summed E-state index contributed by atoms with van der Waals surface area (Å²) in [5.41, 5.74) is 1.63.